The van der Waals surface area contributed by atoms with Crippen molar-refractivity contribution >= 4 is 5.69 Å². The van der Waals surface area contributed by atoms with E-state index < -0.39 is 0 Å². The first-order chi connectivity index (χ1) is 8.08. The van der Waals surface area contributed by atoms with E-state index in [4.69, 9.17) is 0 Å². The highest BCUT2D eigenvalue weighted by atomic mass is 16.3. The van der Waals surface area contributed by atoms with Gasteiger partial charge >= 0.3 is 0 Å². The van der Waals surface area contributed by atoms with Crippen molar-refractivity contribution in [2.75, 3.05) is 5.32 Å². The Hall–Kier alpha value is -1.18. The molecule has 0 saturated heterocycles. The summed E-state index contributed by atoms with van der Waals surface area (Å²) in [6, 6.07) is 4.42. The minimum atomic E-state index is 0.384. The average Bonchev–Trinajstić information content (AvgIpc) is 2.30. The first-order valence-corrected chi connectivity index (χ1v) is 6.65. The molecule has 0 aliphatic heterocycles. The molecule has 1 unspecified atom stereocenters. The van der Waals surface area contributed by atoms with Crippen molar-refractivity contribution in [3.05, 3.63) is 23.3 Å². The van der Waals surface area contributed by atoms with Gasteiger partial charge in [-0.2, -0.15) is 0 Å². The summed E-state index contributed by atoms with van der Waals surface area (Å²) in [7, 11) is 0. The van der Waals surface area contributed by atoms with Crippen molar-refractivity contribution in [1.29, 1.82) is 0 Å². The maximum atomic E-state index is 9.63. The van der Waals surface area contributed by atoms with E-state index in [9.17, 15) is 5.11 Å². The summed E-state index contributed by atoms with van der Waals surface area (Å²) in [5, 5.41) is 13.2. The van der Waals surface area contributed by atoms with Crippen LogP contribution in [0.1, 0.15) is 50.7 Å². The maximum absolute atomic E-state index is 9.63. The molecule has 0 heterocycles. The Kier molecular flexibility index (Phi) is 5.33. The second-order valence-corrected chi connectivity index (χ2v) is 4.85. The highest BCUT2D eigenvalue weighted by Crippen LogP contribution is 2.26. The fraction of sp³-hybridized carbons (Fsp3) is 0.600. The second kappa shape index (κ2) is 6.53. The Labute approximate surface area is 105 Å². The van der Waals surface area contributed by atoms with E-state index in [1.165, 1.54) is 19.3 Å². The zero-order valence-electron chi connectivity index (χ0n) is 11.5. The number of phenolic OH excluding ortho intramolecular Hbond substituents is 1. The van der Waals surface area contributed by atoms with E-state index >= 15 is 0 Å². The highest BCUT2D eigenvalue weighted by Gasteiger charge is 2.09. The Balaban J connectivity index is 2.75. The van der Waals surface area contributed by atoms with Crippen LogP contribution >= 0.6 is 0 Å². The number of rotatable bonds is 6. The van der Waals surface area contributed by atoms with Crippen LogP contribution in [0.15, 0.2) is 12.1 Å². The first kappa shape index (κ1) is 13.9. The van der Waals surface area contributed by atoms with Crippen molar-refractivity contribution in [1.82, 2.24) is 0 Å². The van der Waals surface area contributed by atoms with Crippen LogP contribution in [0.4, 0.5) is 5.69 Å². The lowest BCUT2D eigenvalue weighted by molar-refractivity contribution is 0.470. The van der Waals surface area contributed by atoms with E-state index in [1.54, 1.807) is 0 Å². The molecular formula is C15H25NO. The van der Waals surface area contributed by atoms with E-state index in [0.717, 1.165) is 23.2 Å². The molecule has 0 spiro atoms. The molecule has 0 bridgehead atoms. The van der Waals surface area contributed by atoms with E-state index in [2.05, 4.69) is 19.2 Å². The number of benzene rings is 1. The topological polar surface area (TPSA) is 32.3 Å². The van der Waals surface area contributed by atoms with Gasteiger partial charge in [-0.25, -0.2) is 0 Å². The monoisotopic (exact) mass is 235 g/mol. The van der Waals surface area contributed by atoms with Gasteiger partial charge in [0.25, 0.3) is 0 Å². The molecule has 0 aliphatic carbocycles. The van der Waals surface area contributed by atoms with Crippen LogP contribution in [-0.2, 0) is 0 Å². The molecule has 2 heteroatoms. The number of phenols is 1. The largest absolute Gasteiger partial charge is 0.508 e. The van der Waals surface area contributed by atoms with Gasteiger partial charge in [0.15, 0.2) is 0 Å². The van der Waals surface area contributed by atoms with Gasteiger partial charge < -0.3 is 10.4 Å². The molecule has 1 aromatic rings. The average molecular weight is 235 g/mol. The summed E-state index contributed by atoms with van der Waals surface area (Å²) < 4.78 is 0. The van der Waals surface area contributed by atoms with Crippen molar-refractivity contribution in [3.63, 3.8) is 0 Å². The fourth-order valence-electron chi connectivity index (χ4n) is 2.01. The van der Waals surface area contributed by atoms with Gasteiger partial charge in [0.1, 0.15) is 5.75 Å². The molecule has 1 aromatic carbocycles. The molecule has 1 rings (SSSR count). The molecule has 0 saturated carbocycles. The normalized spacial score (nSPS) is 12.5. The minimum Gasteiger partial charge on any atom is -0.508 e. The maximum Gasteiger partial charge on any atom is 0.118 e. The van der Waals surface area contributed by atoms with Gasteiger partial charge in [0.05, 0.1) is 0 Å². The summed E-state index contributed by atoms with van der Waals surface area (Å²) in [6.07, 6.45) is 4.86. The Bertz CT molecular complexity index is 360. The van der Waals surface area contributed by atoms with E-state index in [0.29, 0.717) is 11.8 Å². The third-order valence-corrected chi connectivity index (χ3v) is 3.30. The van der Waals surface area contributed by atoms with Crippen LogP contribution in [-0.4, -0.2) is 11.1 Å². The molecule has 2 N–H and O–H groups in total. The van der Waals surface area contributed by atoms with Crippen molar-refractivity contribution in [3.8, 4) is 5.75 Å². The number of aromatic hydroxyl groups is 1. The third-order valence-electron chi connectivity index (χ3n) is 3.30. The summed E-state index contributed by atoms with van der Waals surface area (Å²) in [5.41, 5.74) is 3.20. The molecule has 0 aromatic heterocycles. The fourth-order valence-corrected chi connectivity index (χ4v) is 2.01. The van der Waals surface area contributed by atoms with Gasteiger partial charge in [0.2, 0.25) is 0 Å². The second-order valence-electron chi connectivity index (χ2n) is 4.85. The van der Waals surface area contributed by atoms with Crippen LogP contribution in [0.25, 0.3) is 0 Å². The molecule has 96 valence electrons. The predicted octanol–water partition coefficient (Wildman–Crippen LogP) is 4.39. The number of anilines is 1. The molecule has 0 fully saturated rings. The van der Waals surface area contributed by atoms with Crippen LogP contribution in [0, 0.1) is 13.8 Å². The van der Waals surface area contributed by atoms with Crippen molar-refractivity contribution < 1.29 is 5.11 Å². The highest BCUT2D eigenvalue weighted by molar-refractivity contribution is 5.57. The van der Waals surface area contributed by atoms with E-state index in [-0.39, 0.29) is 0 Å². The Morgan fingerprint density at radius 2 is 1.88 bits per heavy atom. The quantitative estimate of drug-likeness (QED) is 0.717. The lowest BCUT2D eigenvalue weighted by Crippen LogP contribution is -2.18. The number of aryl methyl sites for hydroxylation is 2. The van der Waals surface area contributed by atoms with Crippen LogP contribution in [0.5, 0.6) is 5.75 Å². The number of hydrogen-bond acceptors (Lipinski definition) is 2. The Morgan fingerprint density at radius 1 is 1.18 bits per heavy atom. The molecule has 2 nitrogen and oxygen atoms in total. The van der Waals surface area contributed by atoms with E-state index in [1.807, 2.05) is 26.0 Å². The summed E-state index contributed by atoms with van der Waals surface area (Å²) in [6.45, 7) is 8.42. The minimum absolute atomic E-state index is 0.384. The number of unbranched alkanes of at least 4 members (excludes halogenated alkanes) is 1. The number of hydrogen-bond donors (Lipinski definition) is 2. The summed E-state index contributed by atoms with van der Waals surface area (Å²) in [4.78, 5) is 0. The van der Waals surface area contributed by atoms with Gasteiger partial charge in [-0.05, 0) is 49.9 Å². The smallest absolute Gasteiger partial charge is 0.118 e. The SMILES string of the molecule is CCCCC(CC)Nc1cc(C)c(O)cc1C. The lowest BCUT2D eigenvalue weighted by Gasteiger charge is -2.20. The zero-order valence-corrected chi connectivity index (χ0v) is 11.5. The standard InChI is InChI=1S/C15H25NO/c1-5-7-8-13(6-2)16-14-9-12(4)15(17)10-11(14)3/h9-10,13,16-17H,5-8H2,1-4H3. The molecule has 0 radical (unpaired) electrons. The first-order valence-electron chi connectivity index (χ1n) is 6.65. The zero-order chi connectivity index (χ0) is 12.8. The molecule has 1 atom stereocenters. The molecular weight excluding hydrogens is 210 g/mol. The lowest BCUT2D eigenvalue weighted by atomic mass is 10.0. The molecule has 17 heavy (non-hydrogen) atoms. The molecule has 0 aliphatic rings. The predicted molar refractivity (Wildman–Crippen MR) is 74.8 cm³/mol. The van der Waals surface area contributed by atoms with Gasteiger partial charge in [-0.1, -0.05) is 26.7 Å². The van der Waals surface area contributed by atoms with Crippen LogP contribution in [0.2, 0.25) is 0 Å². The van der Waals surface area contributed by atoms with Crippen LogP contribution in [0.3, 0.4) is 0 Å². The van der Waals surface area contributed by atoms with Crippen LogP contribution < -0.4 is 5.32 Å². The van der Waals surface area contributed by atoms with Gasteiger partial charge in [-0.15, -0.1) is 0 Å². The van der Waals surface area contributed by atoms with Gasteiger partial charge in [0, 0.05) is 11.7 Å². The Morgan fingerprint density at radius 3 is 2.47 bits per heavy atom. The number of nitrogens with one attached hydrogen (secondary N) is 1. The summed E-state index contributed by atoms with van der Waals surface area (Å²) >= 11 is 0. The van der Waals surface area contributed by atoms with Crippen molar-refractivity contribution in [2.45, 2.75) is 59.4 Å². The van der Waals surface area contributed by atoms with Crippen molar-refractivity contribution in [2.24, 2.45) is 0 Å². The third kappa shape index (κ3) is 3.95. The van der Waals surface area contributed by atoms with Gasteiger partial charge in [-0.3, -0.25) is 0 Å². The summed E-state index contributed by atoms with van der Waals surface area (Å²) in [5.74, 6) is 0.384. The molecule has 0 amide bonds.